The lowest BCUT2D eigenvalue weighted by atomic mass is 9.89. The van der Waals surface area contributed by atoms with Gasteiger partial charge in [0.05, 0.1) is 24.8 Å². The molecule has 4 nitrogen and oxygen atoms in total. The molecule has 0 saturated carbocycles. The fraction of sp³-hybridized carbons (Fsp3) is 0.438. The Balaban J connectivity index is 1.18. The second-order valence-electron chi connectivity index (χ2n) is 10.5. The molecule has 5 rings (SSSR count). The lowest BCUT2D eigenvalue weighted by Crippen LogP contribution is -2.49. The molecule has 0 N–H and O–H groups in total. The summed E-state index contributed by atoms with van der Waals surface area (Å²) in [6, 6.07) is 26.5. The van der Waals surface area contributed by atoms with Crippen LogP contribution in [0.1, 0.15) is 47.1 Å². The fourth-order valence-electron chi connectivity index (χ4n) is 5.78. The Morgan fingerprint density at radius 2 is 1.49 bits per heavy atom. The second-order valence-corrected chi connectivity index (χ2v) is 10.5. The number of hydrogen-bond donors (Lipinski definition) is 0. The van der Waals surface area contributed by atoms with Crippen molar-refractivity contribution in [2.24, 2.45) is 0 Å². The average molecular weight is 539 g/mol. The Bertz CT molecular complexity index is 1150. The Labute approximate surface area is 229 Å². The Morgan fingerprint density at radius 3 is 2.18 bits per heavy atom. The smallest absolute Gasteiger partial charge is 0.350 e. The zero-order valence-electron chi connectivity index (χ0n) is 22.2. The molecule has 2 saturated heterocycles. The van der Waals surface area contributed by atoms with Crippen LogP contribution in [0.3, 0.4) is 0 Å². The highest BCUT2D eigenvalue weighted by Gasteiger charge is 2.35. The van der Waals surface area contributed by atoms with E-state index in [1.54, 1.807) is 6.07 Å². The molecule has 0 bridgehead atoms. The van der Waals surface area contributed by atoms with Gasteiger partial charge >= 0.3 is 6.18 Å². The summed E-state index contributed by atoms with van der Waals surface area (Å²) in [6.45, 7) is 5.75. The van der Waals surface area contributed by atoms with Crippen molar-refractivity contribution in [2.45, 2.75) is 43.7 Å². The standard InChI is InChI=1S/C32H37F3N2O2/c33-32(34,35)29-13-7-8-25(24-29)16-22-38-31-30(28-11-5-2-6-12-28)37(21-23-39-31)20-19-36-17-14-27(15-18-36)26-9-3-1-4-10-26/h1-13,24,27,30-31H,14-23H2/t30-,31+/m0/s1. The van der Waals surface area contributed by atoms with Crippen LogP contribution in [0.4, 0.5) is 13.2 Å². The molecule has 0 unspecified atom stereocenters. The minimum Gasteiger partial charge on any atom is -0.350 e. The molecule has 208 valence electrons. The molecule has 3 aromatic rings. The molecule has 39 heavy (non-hydrogen) atoms. The number of benzene rings is 3. The number of morpholine rings is 1. The minimum absolute atomic E-state index is 0.0664. The van der Waals surface area contributed by atoms with Gasteiger partial charge in [-0.15, -0.1) is 0 Å². The largest absolute Gasteiger partial charge is 0.416 e. The third-order valence-corrected chi connectivity index (χ3v) is 7.94. The highest BCUT2D eigenvalue weighted by atomic mass is 19.4. The summed E-state index contributed by atoms with van der Waals surface area (Å²) in [7, 11) is 0. The van der Waals surface area contributed by atoms with E-state index in [-0.39, 0.29) is 12.6 Å². The van der Waals surface area contributed by atoms with Crippen molar-refractivity contribution in [2.75, 3.05) is 45.9 Å². The normalized spacial score (nSPS) is 21.7. The summed E-state index contributed by atoms with van der Waals surface area (Å²) in [6.07, 6.45) is -2.08. The van der Waals surface area contributed by atoms with Crippen molar-refractivity contribution in [3.8, 4) is 0 Å². The summed E-state index contributed by atoms with van der Waals surface area (Å²) in [4.78, 5) is 5.00. The molecule has 0 amide bonds. The first-order valence-electron chi connectivity index (χ1n) is 13.9. The van der Waals surface area contributed by atoms with Crippen LogP contribution < -0.4 is 0 Å². The third kappa shape index (κ3) is 7.48. The summed E-state index contributed by atoms with van der Waals surface area (Å²) in [5.41, 5.74) is 2.55. The van der Waals surface area contributed by atoms with Crippen LogP contribution in [-0.2, 0) is 22.1 Å². The zero-order valence-corrected chi connectivity index (χ0v) is 22.2. The maximum absolute atomic E-state index is 13.1. The van der Waals surface area contributed by atoms with Gasteiger partial charge in [-0.1, -0.05) is 78.9 Å². The van der Waals surface area contributed by atoms with Crippen molar-refractivity contribution < 1.29 is 22.6 Å². The van der Waals surface area contributed by atoms with Gasteiger partial charge in [-0.3, -0.25) is 4.90 Å². The third-order valence-electron chi connectivity index (χ3n) is 7.94. The van der Waals surface area contributed by atoms with Crippen molar-refractivity contribution >= 4 is 0 Å². The Hall–Kier alpha value is -2.71. The average Bonchev–Trinajstić information content (AvgIpc) is 2.97. The first kappa shape index (κ1) is 27.8. The first-order chi connectivity index (χ1) is 19.0. The summed E-state index contributed by atoms with van der Waals surface area (Å²) < 4.78 is 51.6. The van der Waals surface area contributed by atoms with Crippen molar-refractivity contribution in [3.63, 3.8) is 0 Å². The summed E-state index contributed by atoms with van der Waals surface area (Å²) in [5, 5.41) is 0. The van der Waals surface area contributed by atoms with E-state index in [1.807, 2.05) is 18.2 Å². The maximum Gasteiger partial charge on any atom is 0.416 e. The second kappa shape index (κ2) is 13.1. The molecule has 7 heteroatoms. The number of alkyl halides is 3. The number of piperidine rings is 1. The van der Waals surface area contributed by atoms with E-state index < -0.39 is 18.0 Å². The van der Waals surface area contributed by atoms with Crippen molar-refractivity contribution in [1.82, 2.24) is 9.80 Å². The van der Waals surface area contributed by atoms with Crippen LogP contribution in [0.2, 0.25) is 0 Å². The number of rotatable bonds is 9. The monoisotopic (exact) mass is 538 g/mol. The molecule has 2 atom stereocenters. The van der Waals surface area contributed by atoms with Gasteiger partial charge in [0, 0.05) is 19.6 Å². The predicted octanol–water partition coefficient (Wildman–Crippen LogP) is 6.54. The molecule has 2 fully saturated rings. The Kier molecular flexibility index (Phi) is 9.35. The van der Waals surface area contributed by atoms with Gasteiger partial charge in [-0.25, -0.2) is 0 Å². The molecule has 2 aliphatic heterocycles. The highest BCUT2D eigenvalue weighted by molar-refractivity contribution is 5.26. The molecule has 0 aliphatic carbocycles. The van der Waals surface area contributed by atoms with Crippen LogP contribution in [-0.4, -0.2) is 62.0 Å². The molecule has 3 aromatic carbocycles. The van der Waals surface area contributed by atoms with E-state index in [2.05, 4.69) is 52.3 Å². The zero-order chi connectivity index (χ0) is 27.1. The van der Waals surface area contributed by atoms with Crippen LogP contribution >= 0.6 is 0 Å². The molecule has 0 radical (unpaired) electrons. The summed E-state index contributed by atoms with van der Waals surface area (Å²) in [5.74, 6) is 0.637. The number of halogens is 3. The molecule has 0 spiro atoms. The van der Waals surface area contributed by atoms with Crippen LogP contribution in [0.5, 0.6) is 0 Å². The Morgan fingerprint density at radius 1 is 0.795 bits per heavy atom. The van der Waals surface area contributed by atoms with Crippen molar-refractivity contribution in [3.05, 3.63) is 107 Å². The van der Waals surface area contributed by atoms with Crippen LogP contribution in [0.15, 0.2) is 84.9 Å². The first-order valence-corrected chi connectivity index (χ1v) is 13.9. The van der Waals surface area contributed by atoms with E-state index >= 15 is 0 Å². The lowest BCUT2D eigenvalue weighted by molar-refractivity contribution is -0.211. The van der Waals surface area contributed by atoms with Crippen molar-refractivity contribution in [1.29, 1.82) is 0 Å². The number of nitrogens with zero attached hydrogens (tertiary/aromatic N) is 2. The van der Waals surface area contributed by atoms with E-state index in [4.69, 9.17) is 9.47 Å². The molecule has 2 heterocycles. The van der Waals surface area contributed by atoms with Gasteiger partial charge in [0.2, 0.25) is 0 Å². The highest BCUT2D eigenvalue weighted by Crippen LogP contribution is 2.32. The van der Waals surface area contributed by atoms with Gasteiger partial charge < -0.3 is 14.4 Å². The van der Waals surface area contributed by atoms with Gasteiger partial charge in [0.15, 0.2) is 6.29 Å². The van der Waals surface area contributed by atoms with E-state index in [0.29, 0.717) is 24.5 Å². The fourth-order valence-corrected chi connectivity index (χ4v) is 5.78. The van der Waals surface area contributed by atoms with Gasteiger partial charge in [-0.2, -0.15) is 13.2 Å². The van der Waals surface area contributed by atoms with Crippen LogP contribution in [0, 0.1) is 0 Å². The van der Waals surface area contributed by atoms with E-state index in [1.165, 1.54) is 30.5 Å². The van der Waals surface area contributed by atoms with Gasteiger partial charge in [0.25, 0.3) is 0 Å². The maximum atomic E-state index is 13.1. The number of hydrogen-bond acceptors (Lipinski definition) is 4. The quantitative estimate of drug-likeness (QED) is 0.309. The van der Waals surface area contributed by atoms with Gasteiger partial charge in [0.1, 0.15) is 0 Å². The SMILES string of the molecule is FC(F)(F)c1cccc(CCO[C@@H]2OCCN(CCN3CCC(c4ccccc4)CC3)[C@H]2c2ccccc2)c1. The van der Waals surface area contributed by atoms with Gasteiger partial charge in [-0.05, 0) is 61.0 Å². The summed E-state index contributed by atoms with van der Waals surface area (Å²) >= 11 is 0. The van der Waals surface area contributed by atoms with E-state index in [0.717, 1.165) is 44.4 Å². The molecule has 0 aromatic heterocycles. The van der Waals surface area contributed by atoms with E-state index in [9.17, 15) is 13.2 Å². The molecule has 2 aliphatic rings. The predicted molar refractivity (Wildman–Crippen MR) is 146 cm³/mol. The molecular formula is C32H37F3N2O2. The number of ether oxygens (including phenoxy) is 2. The molecular weight excluding hydrogens is 501 g/mol. The minimum atomic E-state index is -4.35. The lowest BCUT2D eigenvalue weighted by Gasteiger charge is -2.42. The topological polar surface area (TPSA) is 24.9 Å². The van der Waals surface area contributed by atoms with Crippen LogP contribution in [0.25, 0.3) is 0 Å². The number of likely N-dealkylation sites (tertiary alicyclic amines) is 1.